The maximum atomic E-state index is 6.35. The fraction of sp³-hybridized carbons (Fsp3) is 0.316. The van der Waals surface area contributed by atoms with Crippen LogP contribution < -0.4 is 10.9 Å². The third-order valence-electron chi connectivity index (χ3n) is 9.59. The zero-order valence-electron chi connectivity index (χ0n) is 28.1. The Morgan fingerprint density at radius 1 is 0.435 bits per heavy atom. The Morgan fingerprint density at radius 2 is 0.761 bits per heavy atom. The first-order chi connectivity index (χ1) is 21.7. The molecule has 234 valence electrons. The van der Waals surface area contributed by atoms with Crippen LogP contribution in [0.1, 0.15) is 66.5 Å². The second kappa shape index (κ2) is 12.1. The largest absolute Gasteiger partial charge is 0.494 e. The molecule has 2 heterocycles. The normalized spacial score (nSPS) is 20.3. The van der Waals surface area contributed by atoms with E-state index in [9.17, 15) is 0 Å². The van der Waals surface area contributed by atoms with E-state index >= 15 is 0 Å². The average Bonchev–Trinajstić information content (AvgIpc) is 3.39. The van der Waals surface area contributed by atoms with Crippen LogP contribution in [0.3, 0.4) is 0 Å². The SMILES string of the molecule is CC1(C)OB(c2cccc(N=C(C(=Nc3cccc(B4OC(C)(C)C(C)(C)O4)c3)c3ccccc3)c3ccccc3)c2)OC1(C)C. The summed E-state index contributed by atoms with van der Waals surface area (Å²) in [6.07, 6.45) is 0. The van der Waals surface area contributed by atoms with Gasteiger partial charge in [0.25, 0.3) is 0 Å². The van der Waals surface area contributed by atoms with Crippen LogP contribution in [0.5, 0.6) is 0 Å². The highest BCUT2D eigenvalue weighted by Gasteiger charge is 2.52. The van der Waals surface area contributed by atoms with Gasteiger partial charge in [-0.05, 0) is 90.6 Å². The van der Waals surface area contributed by atoms with Crippen LogP contribution in [-0.4, -0.2) is 48.1 Å². The van der Waals surface area contributed by atoms with Crippen molar-refractivity contribution in [1.82, 2.24) is 0 Å². The van der Waals surface area contributed by atoms with Gasteiger partial charge >= 0.3 is 14.2 Å². The summed E-state index contributed by atoms with van der Waals surface area (Å²) < 4.78 is 25.4. The topological polar surface area (TPSA) is 61.6 Å². The summed E-state index contributed by atoms with van der Waals surface area (Å²) in [5.74, 6) is 0. The Morgan fingerprint density at radius 3 is 1.09 bits per heavy atom. The number of hydrogen-bond donors (Lipinski definition) is 0. The van der Waals surface area contributed by atoms with Gasteiger partial charge in [-0.3, -0.25) is 0 Å². The number of benzene rings is 4. The summed E-state index contributed by atoms with van der Waals surface area (Å²) in [5.41, 5.74) is 5.05. The zero-order chi connectivity index (χ0) is 32.7. The van der Waals surface area contributed by atoms with Gasteiger partial charge in [-0.1, -0.05) is 84.9 Å². The Hall–Kier alpha value is -3.81. The average molecular weight is 612 g/mol. The van der Waals surface area contributed by atoms with Crippen LogP contribution in [-0.2, 0) is 18.6 Å². The van der Waals surface area contributed by atoms with Gasteiger partial charge in [0.2, 0.25) is 0 Å². The highest BCUT2D eigenvalue weighted by molar-refractivity contribution is 6.62. The molecule has 0 unspecified atom stereocenters. The van der Waals surface area contributed by atoms with Gasteiger partial charge in [0.1, 0.15) is 0 Å². The number of nitrogens with zero attached hydrogens (tertiary/aromatic N) is 2. The lowest BCUT2D eigenvalue weighted by Crippen LogP contribution is -2.41. The molecule has 2 saturated heterocycles. The molecular formula is C38H42B2N2O4. The number of hydrogen-bond acceptors (Lipinski definition) is 6. The Labute approximate surface area is 274 Å². The van der Waals surface area contributed by atoms with Gasteiger partial charge in [-0.15, -0.1) is 0 Å². The quantitative estimate of drug-likeness (QED) is 0.163. The molecule has 6 nitrogen and oxygen atoms in total. The predicted octanol–water partition coefficient (Wildman–Crippen LogP) is 7.23. The van der Waals surface area contributed by atoms with E-state index in [1.54, 1.807) is 0 Å². The molecule has 2 fully saturated rings. The van der Waals surface area contributed by atoms with Gasteiger partial charge in [-0.2, -0.15) is 0 Å². The van der Waals surface area contributed by atoms with Crippen LogP contribution in [0.2, 0.25) is 0 Å². The van der Waals surface area contributed by atoms with E-state index < -0.39 is 36.6 Å². The van der Waals surface area contributed by atoms with E-state index in [1.807, 2.05) is 84.9 Å². The van der Waals surface area contributed by atoms with Crippen molar-refractivity contribution in [1.29, 1.82) is 0 Å². The van der Waals surface area contributed by atoms with Crippen LogP contribution in [0.15, 0.2) is 119 Å². The van der Waals surface area contributed by atoms with E-state index in [0.29, 0.717) is 0 Å². The lowest BCUT2D eigenvalue weighted by molar-refractivity contribution is 0.00578. The third kappa shape index (κ3) is 6.40. The van der Waals surface area contributed by atoms with E-state index in [0.717, 1.165) is 44.9 Å². The molecule has 0 aliphatic carbocycles. The van der Waals surface area contributed by atoms with E-state index in [-0.39, 0.29) is 0 Å². The Kier molecular flexibility index (Phi) is 8.45. The lowest BCUT2D eigenvalue weighted by atomic mass is 9.79. The van der Waals surface area contributed by atoms with Crippen molar-refractivity contribution in [3.63, 3.8) is 0 Å². The molecule has 8 heteroatoms. The highest BCUT2D eigenvalue weighted by Crippen LogP contribution is 2.38. The second-order valence-corrected chi connectivity index (χ2v) is 14.0. The molecule has 2 aliphatic rings. The minimum absolute atomic E-state index is 0.437. The summed E-state index contributed by atoms with van der Waals surface area (Å²) in [7, 11) is -0.972. The molecule has 0 saturated carbocycles. The number of rotatable bonds is 7. The molecule has 46 heavy (non-hydrogen) atoms. The monoisotopic (exact) mass is 612 g/mol. The fourth-order valence-corrected chi connectivity index (χ4v) is 5.40. The van der Waals surface area contributed by atoms with Crippen molar-refractivity contribution < 1.29 is 18.6 Å². The summed E-state index contributed by atoms with van der Waals surface area (Å²) in [5, 5.41) is 0. The lowest BCUT2D eigenvalue weighted by Gasteiger charge is -2.32. The van der Waals surface area contributed by atoms with E-state index in [2.05, 4.69) is 79.7 Å². The van der Waals surface area contributed by atoms with Crippen molar-refractivity contribution in [2.24, 2.45) is 9.98 Å². The molecule has 0 bridgehead atoms. The molecule has 0 atom stereocenters. The van der Waals surface area contributed by atoms with Crippen LogP contribution in [0.25, 0.3) is 0 Å². The van der Waals surface area contributed by atoms with Gasteiger partial charge in [0.15, 0.2) is 0 Å². The molecule has 4 aromatic carbocycles. The van der Waals surface area contributed by atoms with Gasteiger partial charge in [0.05, 0.1) is 45.2 Å². The smallest absolute Gasteiger partial charge is 0.399 e. The standard InChI is InChI=1S/C38H42B2N2O4/c1-35(2)36(3,4)44-39(43-35)29-21-15-23-31(25-29)41-33(27-17-11-9-12-18-27)34(28-19-13-10-14-20-28)42-32-24-16-22-30(26-32)40-45-37(5,6)38(7,8)46-40/h9-26H,1-8H3. The molecule has 2 aliphatic heterocycles. The molecule has 0 spiro atoms. The van der Waals surface area contributed by atoms with Crippen molar-refractivity contribution in [3.05, 3.63) is 120 Å². The highest BCUT2D eigenvalue weighted by atomic mass is 16.7. The molecule has 6 rings (SSSR count). The Bertz CT molecular complexity index is 1600. The van der Waals surface area contributed by atoms with Crippen LogP contribution in [0.4, 0.5) is 11.4 Å². The molecule has 4 aromatic rings. The van der Waals surface area contributed by atoms with Crippen molar-refractivity contribution >= 4 is 48.0 Å². The molecule has 0 radical (unpaired) electrons. The summed E-state index contributed by atoms with van der Waals surface area (Å²) in [4.78, 5) is 10.5. The summed E-state index contributed by atoms with van der Waals surface area (Å²) in [6.45, 7) is 16.5. The van der Waals surface area contributed by atoms with Gasteiger partial charge in [0, 0.05) is 11.1 Å². The first kappa shape index (κ1) is 32.1. The minimum atomic E-state index is -0.486. The van der Waals surface area contributed by atoms with Crippen molar-refractivity contribution in [2.75, 3.05) is 0 Å². The molecule has 0 N–H and O–H groups in total. The number of aliphatic imine (C=N–C) groups is 2. The van der Waals surface area contributed by atoms with E-state index in [1.165, 1.54) is 0 Å². The van der Waals surface area contributed by atoms with Crippen molar-refractivity contribution in [2.45, 2.75) is 77.8 Å². The van der Waals surface area contributed by atoms with Crippen LogP contribution in [0, 0.1) is 0 Å². The van der Waals surface area contributed by atoms with Crippen LogP contribution >= 0.6 is 0 Å². The fourth-order valence-electron chi connectivity index (χ4n) is 5.40. The maximum absolute atomic E-state index is 6.35. The first-order valence-electron chi connectivity index (χ1n) is 15.9. The Balaban J connectivity index is 1.45. The molecule has 0 amide bonds. The second-order valence-electron chi connectivity index (χ2n) is 14.0. The molecular weight excluding hydrogens is 570 g/mol. The van der Waals surface area contributed by atoms with Gasteiger partial charge in [-0.25, -0.2) is 9.98 Å². The van der Waals surface area contributed by atoms with E-state index in [4.69, 9.17) is 28.6 Å². The minimum Gasteiger partial charge on any atom is -0.399 e. The van der Waals surface area contributed by atoms with Crippen molar-refractivity contribution in [3.8, 4) is 0 Å². The first-order valence-corrected chi connectivity index (χ1v) is 15.9. The maximum Gasteiger partial charge on any atom is 0.494 e. The summed E-state index contributed by atoms with van der Waals surface area (Å²) >= 11 is 0. The predicted molar refractivity (Wildman–Crippen MR) is 190 cm³/mol. The molecule has 0 aromatic heterocycles. The van der Waals surface area contributed by atoms with Gasteiger partial charge < -0.3 is 18.6 Å². The zero-order valence-corrected chi connectivity index (χ0v) is 28.1. The summed E-state index contributed by atoms with van der Waals surface area (Å²) in [6, 6.07) is 36.5. The third-order valence-corrected chi connectivity index (χ3v) is 9.59.